The molecule has 1 aliphatic rings. The molecule has 1 N–H and O–H groups in total. The molecule has 6 nitrogen and oxygen atoms in total. The number of likely N-dealkylation sites (tertiary alicyclic amines) is 1. The Bertz CT molecular complexity index is 1070. The van der Waals surface area contributed by atoms with E-state index in [1.165, 1.54) is 11.1 Å². The van der Waals surface area contributed by atoms with Crippen LogP contribution in [-0.2, 0) is 6.54 Å². The van der Waals surface area contributed by atoms with Gasteiger partial charge in [-0.15, -0.1) is 0 Å². The van der Waals surface area contributed by atoms with Gasteiger partial charge in [-0.25, -0.2) is 9.97 Å². The molecule has 0 bridgehead atoms. The van der Waals surface area contributed by atoms with Gasteiger partial charge in [-0.2, -0.15) is 0 Å². The van der Waals surface area contributed by atoms with Crippen molar-refractivity contribution in [3.8, 4) is 5.75 Å². The first-order valence-corrected chi connectivity index (χ1v) is 10.6. The van der Waals surface area contributed by atoms with E-state index in [0.29, 0.717) is 22.9 Å². The molecule has 1 atom stereocenters. The lowest BCUT2D eigenvalue weighted by atomic mass is 10.1. The molecule has 2 aromatic carbocycles. The van der Waals surface area contributed by atoms with Crippen LogP contribution in [-0.4, -0.2) is 41.0 Å². The predicted octanol–water partition coefficient (Wildman–Crippen LogP) is 4.34. The van der Waals surface area contributed by atoms with E-state index in [4.69, 9.17) is 4.74 Å². The van der Waals surface area contributed by atoms with Crippen molar-refractivity contribution in [3.63, 3.8) is 0 Å². The van der Waals surface area contributed by atoms with E-state index in [-0.39, 0.29) is 5.91 Å². The molecular formula is C25H28N4O2. The maximum Gasteiger partial charge on any atom is 0.259 e. The van der Waals surface area contributed by atoms with Crippen molar-refractivity contribution < 1.29 is 9.53 Å². The molecule has 3 aromatic rings. The molecule has 31 heavy (non-hydrogen) atoms. The van der Waals surface area contributed by atoms with E-state index in [1.807, 2.05) is 31.2 Å². The second-order valence-electron chi connectivity index (χ2n) is 8.06. The quantitative estimate of drug-likeness (QED) is 0.647. The molecule has 0 spiro atoms. The third kappa shape index (κ3) is 4.91. The zero-order valence-corrected chi connectivity index (χ0v) is 18.3. The number of benzene rings is 2. The van der Waals surface area contributed by atoms with Gasteiger partial charge < -0.3 is 10.1 Å². The number of hydrogen-bond donors (Lipinski definition) is 1. The number of anilines is 1. The fraction of sp³-hybridized carbons (Fsp3) is 0.320. The smallest absolute Gasteiger partial charge is 0.259 e. The maximum atomic E-state index is 12.7. The van der Waals surface area contributed by atoms with E-state index in [2.05, 4.69) is 51.4 Å². The summed E-state index contributed by atoms with van der Waals surface area (Å²) in [5, 5.41) is 2.90. The fourth-order valence-corrected chi connectivity index (χ4v) is 3.99. The normalized spacial score (nSPS) is 16.3. The number of aryl methyl sites for hydroxylation is 2. The minimum Gasteiger partial charge on any atom is -0.497 e. The van der Waals surface area contributed by atoms with Crippen LogP contribution in [0.25, 0.3) is 0 Å². The highest BCUT2D eigenvalue weighted by Crippen LogP contribution is 2.27. The van der Waals surface area contributed by atoms with Crippen LogP contribution in [0.3, 0.4) is 0 Å². The van der Waals surface area contributed by atoms with E-state index >= 15 is 0 Å². The van der Waals surface area contributed by atoms with E-state index in [9.17, 15) is 4.79 Å². The number of carbonyl (C=O) groups excluding carboxylic acids is 1. The number of rotatable bonds is 6. The zero-order chi connectivity index (χ0) is 21.8. The second kappa shape index (κ2) is 9.27. The Hall–Kier alpha value is -3.25. The fourth-order valence-electron chi connectivity index (χ4n) is 3.99. The second-order valence-corrected chi connectivity index (χ2v) is 8.06. The van der Waals surface area contributed by atoms with E-state index < -0.39 is 0 Å². The number of methoxy groups -OCH3 is 1. The number of amides is 1. The first-order chi connectivity index (χ1) is 15.0. The van der Waals surface area contributed by atoms with Crippen molar-refractivity contribution in [1.29, 1.82) is 0 Å². The van der Waals surface area contributed by atoms with E-state index in [0.717, 1.165) is 37.6 Å². The molecule has 1 unspecified atom stereocenters. The van der Waals surface area contributed by atoms with Crippen molar-refractivity contribution >= 4 is 11.6 Å². The number of aromatic nitrogens is 2. The van der Waals surface area contributed by atoms with Gasteiger partial charge in [0.15, 0.2) is 0 Å². The highest BCUT2D eigenvalue weighted by Gasteiger charge is 2.27. The van der Waals surface area contributed by atoms with Crippen LogP contribution in [0.2, 0.25) is 0 Å². The number of ether oxygens (including phenoxy) is 1. The summed E-state index contributed by atoms with van der Waals surface area (Å²) in [7, 11) is 1.61. The molecule has 6 heteroatoms. The Morgan fingerprint density at radius 1 is 1.16 bits per heavy atom. The molecule has 1 fully saturated rings. The summed E-state index contributed by atoms with van der Waals surface area (Å²) in [5.41, 5.74) is 4.59. The van der Waals surface area contributed by atoms with Crippen LogP contribution in [0.5, 0.6) is 5.75 Å². The average Bonchev–Trinajstić information content (AvgIpc) is 3.24. The van der Waals surface area contributed by atoms with Gasteiger partial charge in [0.2, 0.25) is 0 Å². The molecule has 1 aromatic heterocycles. The minimum absolute atomic E-state index is 0.207. The van der Waals surface area contributed by atoms with Crippen molar-refractivity contribution in [3.05, 3.63) is 82.9 Å². The molecule has 0 radical (unpaired) electrons. The number of hydrogen-bond acceptors (Lipinski definition) is 5. The molecule has 4 rings (SSSR count). The van der Waals surface area contributed by atoms with Crippen LogP contribution in [0.4, 0.5) is 5.69 Å². The summed E-state index contributed by atoms with van der Waals surface area (Å²) < 4.78 is 5.15. The van der Waals surface area contributed by atoms with Gasteiger partial charge in [0, 0.05) is 30.9 Å². The van der Waals surface area contributed by atoms with Crippen LogP contribution < -0.4 is 10.1 Å². The topological polar surface area (TPSA) is 67.3 Å². The molecular weight excluding hydrogens is 388 g/mol. The van der Waals surface area contributed by atoms with Gasteiger partial charge in [0.25, 0.3) is 5.91 Å². The van der Waals surface area contributed by atoms with Gasteiger partial charge in [0.05, 0.1) is 18.4 Å². The Kier molecular flexibility index (Phi) is 6.28. The highest BCUT2D eigenvalue weighted by molar-refractivity contribution is 6.04. The first-order valence-electron chi connectivity index (χ1n) is 10.6. The third-order valence-corrected chi connectivity index (χ3v) is 5.88. The zero-order valence-electron chi connectivity index (χ0n) is 18.3. The average molecular weight is 417 g/mol. The van der Waals surface area contributed by atoms with Crippen molar-refractivity contribution in [2.45, 2.75) is 32.7 Å². The Morgan fingerprint density at radius 3 is 2.65 bits per heavy atom. The molecule has 1 aliphatic heterocycles. The molecule has 160 valence electrons. The lowest BCUT2D eigenvalue weighted by Gasteiger charge is -2.17. The number of nitrogens with zero attached hydrogens (tertiary/aromatic N) is 3. The van der Waals surface area contributed by atoms with Crippen LogP contribution in [0, 0.1) is 13.8 Å². The largest absolute Gasteiger partial charge is 0.497 e. The van der Waals surface area contributed by atoms with Crippen LogP contribution in [0.1, 0.15) is 45.3 Å². The van der Waals surface area contributed by atoms with Gasteiger partial charge in [-0.3, -0.25) is 9.69 Å². The van der Waals surface area contributed by atoms with Crippen molar-refractivity contribution in [1.82, 2.24) is 14.9 Å². The Morgan fingerprint density at radius 2 is 1.94 bits per heavy atom. The van der Waals surface area contributed by atoms with Gasteiger partial charge in [-0.1, -0.05) is 24.3 Å². The van der Waals surface area contributed by atoms with Gasteiger partial charge in [0.1, 0.15) is 11.6 Å². The van der Waals surface area contributed by atoms with E-state index in [1.54, 1.807) is 13.3 Å². The summed E-state index contributed by atoms with van der Waals surface area (Å²) >= 11 is 0. The Labute approximate surface area is 183 Å². The molecule has 0 saturated carbocycles. The van der Waals surface area contributed by atoms with Crippen molar-refractivity contribution in [2.24, 2.45) is 0 Å². The summed E-state index contributed by atoms with van der Waals surface area (Å²) in [6, 6.07) is 15.8. The monoisotopic (exact) mass is 416 g/mol. The lowest BCUT2D eigenvalue weighted by molar-refractivity contribution is 0.102. The third-order valence-electron chi connectivity index (χ3n) is 5.88. The van der Waals surface area contributed by atoms with Crippen LogP contribution in [0.15, 0.2) is 54.7 Å². The molecule has 1 saturated heterocycles. The highest BCUT2D eigenvalue weighted by atomic mass is 16.5. The van der Waals surface area contributed by atoms with Gasteiger partial charge in [-0.05, 0) is 62.2 Å². The van der Waals surface area contributed by atoms with Crippen LogP contribution >= 0.6 is 0 Å². The summed E-state index contributed by atoms with van der Waals surface area (Å²) in [5.74, 6) is 1.66. The Balaban J connectivity index is 1.40. The predicted molar refractivity (Wildman–Crippen MR) is 122 cm³/mol. The summed E-state index contributed by atoms with van der Waals surface area (Å²) in [6.07, 6.45) is 2.68. The molecule has 2 heterocycles. The number of nitrogens with one attached hydrogen (secondary N) is 1. The molecule has 1 amide bonds. The number of carbonyl (C=O) groups is 1. The minimum atomic E-state index is -0.207. The SMILES string of the molecule is COc1ccc(NC(=O)c2cnc(C3CCN(Cc4ccccc4C)C3)nc2C)cc1. The maximum absolute atomic E-state index is 12.7. The lowest BCUT2D eigenvalue weighted by Crippen LogP contribution is -2.21. The summed E-state index contributed by atoms with van der Waals surface area (Å²) in [4.78, 5) is 24.4. The summed E-state index contributed by atoms with van der Waals surface area (Å²) in [6.45, 7) is 6.94. The first kappa shape index (κ1) is 21.0. The van der Waals surface area contributed by atoms with Gasteiger partial charge >= 0.3 is 0 Å². The molecule has 0 aliphatic carbocycles. The van der Waals surface area contributed by atoms with Crippen molar-refractivity contribution in [2.75, 3.05) is 25.5 Å². The standard InChI is InChI=1S/C25H28N4O2/c1-17-6-4-5-7-19(17)15-29-13-12-20(16-29)24-26-14-23(18(2)27-24)25(30)28-21-8-10-22(31-3)11-9-21/h4-11,14,20H,12-13,15-16H2,1-3H3,(H,28,30).